The van der Waals surface area contributed by atoms with Crippen molar-refractivity contribution >= 4 is 17.6 Å². The predicted octanol–water partition coefficient (Wildman–Crippen LogP) is 2.29. The molecule has 1 heterocycles. The normalized spacial score (nSPS) is 20.7. The summed E-state index contributed by atoms with van der Waals surface area (Å²) >= 11 is 6.05. The molecular weight excluding hydrogens is 324 g/mol. The molecule has 5 nitrogen and oxygen atoms in total. The van der Waals surface area contributed by atoms with E-state index in [0.29, 0.717) is 0 Å². The number of hydrogen-bond donors (Lipinski definition) is 2. The molecule has 1 unspecified atom stereocenters. The number of guanidine groups is 1. The molecule has 6 heteroatoms. The fraction of sp³-hybridized carbons (Fsp3) is 0.611. The van der Waals surface area contributed by atoms with E-state index in [2.05, 4.69) is 32.7 Å². The molecule has 24 heavy (non-hydrogen) atoms. The number of ether oxygens (including phenoxy) is 1. The Labute approximate surface area is 149 Å². The van der Waals surface area contributed by atoms with Gasteiger partial charge in [-0.3, -0.25) is 9.89 Å². The first kappa shape index (κ1) is 17.5. The first-order chi connectivity index (χ1) is 11.8. The van der Waals surface area contributed by atoms with Crippen LogP contribution in [-0.4, -0.2) is 57.3 Å². The van der Waals surface area contributed by atoms with Gasteiger partial charge in [-0.15, -0.1) is 0 Å². The average Bonchev–Trinajstić information content (AvgIpc) is 3.44. The van der Waals surface area contributed by atoms with Gasteiger partial charge in [0.1, 0.15) is 0 Å². The highest BCUT2D eigenvalue weighted by atomic mass is 35.5. The number of rotatable bonds is 6. The lowest BCUT2D eigenvalue weighted by atomic mass is 10.0. The second-order valence-corrected chi connectivity index (χ2v) is 6.93. The summed E-state index contributed by atoms with van der Waals surface area (Å²) in [7, 11) is 1.83. The van der Waals surface area contributed by atoms with Gasteiger partial charge in [-0.25, -0.2) is 0 Å². The van der Waals surface area contributed by atoms with Crippen LogP contribution in [0.1, 0.15) is 24.4 Å². The van der Waals surface area contributed by atoms with Crippen molar-refractivity contribution < 1.29 is 4.74 Å². The van der Waals surface area contributed by atoms with Crippen LogP contribution in [0.2, 0.25) is 5.02 Å². The van der Waals surface area contributed by atoms with E-state index in [9.17, 15) is 0 Å². The highest BCUT2D eigenvalue weighted by Gasteiger charge is 2.24. The summed E-state index contributed by atoms with van der Waals surface area (Å²) in [5.74, 6) is 1.71. The van der Waals surface area contributed by atoms with Gasteiger partial charge < -0.3 is 15.4 Å². The SMILES string of the molecule is CN=C(NCC1CC1)NCC(c1ccc(Cl)cc1)N1CCOCC1. The van der Waals surface area contributed by atoms with Gasteiger partial charge in [0.2, 0.25) is 0 Å². The zero-order valence-electron chi connectivity index (χ0n) is 14.3. The zero-order chi connectivity index (χ0) is 16.8. The van der Waals surface area contributed by atoms with Gasteiger partial charge in [-0.05, 0) is 36.5 Å². The molecule has 0 radical (unpaired) electrons. The van der Waals surface area contributed by atoms with E-state index in [1.54, 1.807) is 0 Å². The van der Waals surface area contributed by atoms with Crippen molar-refractivity contribution in [1.29, 1.82) is 0 Å². The van der Waals surface area contributed by atoms with Gasteiger partial charge >= 0.3 is 0 Å². The first-order valence-corrected chi connectivity index (χ1v) is 9.16. The van der Waals surface area contributed by atoms with E-state index < -0.39 is 0 Å². The molecule has 0 aromatic heterocycles. The zero-order valence-corrected chi connectivity index (χ0v) is 15.1. The van der Waals surface area contributed by atoms with Crippen molar-refractivity contribution in [2.45, 2.75) is 18.9 Å². The third-order valence-electron chi connectivity index (χ3n) is 4.68. The number of halogens is 1. The molecule has 2 N–H and O–H groups in total. The van der Waals surface area contributed by atoms with E-state index >= 15 is 0 Å². The average molecular weight is 351 g/mol. The minimum atomic E-state index is 0.283. The fourth-order valence-corrected chi connectivity index (χ4v) is 3.13. The summed E-state index contributed by atoms with van der Waals surface area (Å²) in [5, 5.41) is 7.68. The van der Waals surface area contributed by atoms with Crippen LogP contribution in [0.3, 0.4) is 0 Å². The lowest BCUT2D eigenvalue weighted by molar-refractivity contribution is 0.0170. The summed E-state index contributed by atoms with van der Waals surface area (Å²) in [6, 6.07) is 8.44. The Morgan fingerprint density at radius 1 is 1.25 bits per heavy atom. The van der Waals surface area contributed by atoms with Crippen molar-refractivity contribution in [2.75, 3.05) is 46.4 Å². The third-order valence-corrected chi connectivity index (χ3v) is 4.93. The largest absolute Gasteiger partial charge is 0.379 e. The van der Waals surface area contributed by atoms with E-state index in [4.69, 9.17) is 16.3 Å². The number of aliphatic imine (C=N–C) groups is 1. The second kappa shape index (κ2) is 8.70. The maximum atomic E-state index is 6.05. The van der Waals surface area contributed by atoms with Gasteiger partial charge in [0.05, 0.1) is 19.3 Å². The van der Waals surface area contributed by atoms with Gasteiger partial charge in [-0.1, -0.05) is 23.7 Å². The Bertz CT molecular complexity index is 538. The molecule has 132 valence electrons. The Kier molecular flexibility index (Phi) is 6.35. The quantitative estimate of drug-likeness (QED) is 0.610. The molecule has 2 aliphatic rings. The third kappa shape index (κ3) is 5.10. The molecule has 3 rings (SSSR count). The Hall–Kier alpha value is -1.30. The van der Waals surface area contributed by atoms with Crippen LogP contribution in [0.4, 0.5) is 0 Å². The summed E-state index contributed by atoms with van der Waals surface area (Å²) in [6.07, 6.45) is 2.68. The standard InChI is InChI=1S/C18H27ClN4O/c1-20-18(21-12-14-2-3-14)22-13-17(23-8-10-24-11-9-23)15-4-6-16(19)7-5-15/h4-7,14,17H,2-3,8-13H2,1H3,(H2,20,21,22). The van der Waals surface area contributed by atoms with Gasteiger partial charge in [0, 0.05) is 38.2 Å². The first-order valence-electron chi connectivity index (χ1n) is 8.78. The van der Waals surface area contributed by atoms with E-state index in [1.807, 2.05) is 19.2 Å². The Morgan fingerprint density at radius 3 is 2.58 bits per heavy atom. The lowest BCUT2D eigenvalue weighted by Gasteiger charge is -2.35. The van der Waals surface area contributed by atoms with Crippen molar-refractivity contribution in [3.8, 4) is 0 Å². The number of benzene rings is 1. The smallest absolute Gasteiger partial charge is 0.191 e. The molecule has 1 saturated carbocycles. The molecule has 1 aliphatic carbocycles. The highest BCUT2D eigenvalue weighted by molar-refractivity contribution is 6.30. The minimum Gasteiger partial charge on any atom is -0.379 e. The molecule has 1 saturated heterocycles. The van der Waals surface area contributed by atoms with Crippen molar-refractivity contribution in [2.24, 2.45) is 10.9 Å². The summed E-state index contributed by atoms with van der Waals surface area (Å²) in [4.78, 5) is 6.81. The van der Waals surface area contributed by atoms with Crippen LogP contribution in [0.5, 0.6) is 0 Å². The van der Waals surface area contributed by atoms with Crippen LogP contribution in [0.25, 0.3) is 0 Å². The molecule has 0 bridgehead atoms. The number of morpholine rings is 1. The van der Waals surface area contributed by atoms with Gasteiger partial charge in [0.15, 0.2) is 5.96 Å². The van der Waals surface area contributed by atoms with Crippen LogP contribution in [-0.2, 0) is 4.74 Å². The van der Waals surface area contributed by atoms with Crippen LogP contribution in [0.15, 0.2) is 29.3 Å². The monoisotopic (exact) mass is 350 g/mol. The molecule has 1 aliphatic heterocycles. The predicted molar refractivity (Wildman–Crippen MR) is 98.7 cm³/mol. The van der Waals surface area contributed by atoms with Gasteiger partial charge in [-0.2, -0.15) is 0 Å². The minimum absolute atomic E-state index is 0.283. The number of hydrogen-bond acceptors (Lipinski definition) is 3. The summed E-state index contributed by atoms with van der Waals surface area (Å²) in [6.45, 7) is 5.30. The van der Waals surface area contributed by atoms with Gasteiger partial charge in [0.25, 0.3) is 0 Å². The Morgan fingerprint density at radius 2 is 1.96 bits per heavy atom. The van der Waals surface area contributed by atoms with Crippen molar-refractivity contribution in [1.82, 2.24) is 15.5 Å². The fourth-order valence-electron chi connectivity index (χ4n) is 3.01. The van der Waals surface area contributed by atoms with Crippen LogP contribution >= 0.6 is 11.6 Å². The lowest BCUT2D eigenvalue weighted by Crippen LogP contribution is -2.46. The number of nitrogens with zero attached hydrogens (tertiary/aromatic N) is 2. The summed E-state index contributed by atoms with van der Waals surface area (Å²) < 4.78 is 5.50. The maximum Gasteiger partial charge on any atom is 0.191 e. The molecular formula is C18H27ClN4O. The van der Waals surface area contributed by atoms with E-state index in [1.165, 1.54) is 18.4 Å². The molecule has 0 amide bonds. The topological polar surface area (TPSA) is 48.9 Å². The second-order valence-electron chi connectivity index (χ2n) is 6.49. The maximum absolute atomic E-state index is 6.05. The molecule has 1 aromatic rings. The molecule has 0 spiro atoms. The summed E-state index contributed by atoms with van der Waals surface area (Å²) in [5.41, 5.74) is 1.27. The van der Waals surface area contributed by atoms with Crippen LogP contribution < -0.4 is 10.6 Å². The Balaban J connectivity index is 1.63. The highest BCUT2D eigenvalue weighted by Crippen LogP contribution is 2.27. The van der Waals surface area contributed by atoms with Crippen molar-refractivity contribution in [3.05, 3.63) is 34.9 Å². The van der Waals surface area contributed by atoms with Crippen molar-refractivity contribution in [3.63, 3.8) is 0 Å². The molecule has 2 fully saturated rings. The number of nitrogens with one attached hydrogen (secondary N) is 2. The molecule has 1 aromatic carbocycles. The van der Waals surface area contributed by atoms with E-state index in [0.717, 1.165) is 56.3 Å². The van der Waals surface area contributed by atoms with Crippen LogP contribution in [0, 0.1) is 5.92 Å². The van der Waals surface area contributed by atoms with E-state index in [-0.39, 0.29) is 6.04 Å². The molecule has 1 atom stereocenters.